The molecule has 20 heavy (non-hydrogen) atoms. The zero-order valence-corrected chi connectivity index (χ0v) is 14.6. The molecule has 0 amide bonds. The molecule has 2 heteroatoms. The maximum Gasteiger partial charge on any atom is 0.0471 e. The fraction of sp³-hybridized carbons (Fsp3) is 0.667. The maximum absolute atomic E-state index is 8.89. The van der Waals surface area contributed by atoms with Crippen molar-refractivity contribution in [2.24, 2.45) is 0 Å². The summed E-state index contributed by atoms with van der Waals surface area (Å²) in [6.07, 6.45) is 8.90. The quantitative estimate of drug-likeness (QED) is 0.472. The largest absolute Gasteiger partial charge is 0.396 e. The van der Waals surface area contributed by atoms with E-state index in [-0.39, 0.29) is 6.61 Å². The number of aryl methyl sites for hydroxylation is 1. The average molecular weight is 293 g/mol. The molecule has 0 bridgehead atoms. The molecule has 0 radical (unpaired) electrons. The van der Waals surface area contributed by atoms with Crippen LogP contribution in [-0.4, -0.2) is 19.8 Å². The topological polar surface area (TPSA) is 20.2 Å². The van der Waals surface area contributed by atoms with Gasteiger partial charge < -0.3 is 5.11 Å². The molecule has 0 saturated carbocycles. The molecule has 114 valence electrons. The van der Waals surface area contributed by atoms with Gasteiger partial charge in [0, 0.05) is 14.7 Å². The van der Waals surface area contributed by atoms with Gasteiger partial charge in [0.15, 0.2) is 0 Å². The van der Waals surface area contributed by atoms with Gasteiger partial charge in [0.25, 0.3) is 0 Å². The minimum atomic E-state index is -0.808. The summed E-state index contributed by atoms with van der Waals surface area (Å²) in [5.41, 5.74) is 2.68. The number of benzene rings is 1. The molecule has 1 aromatic carbocycles. The molecule has 1 aromatic rings. The number of hydrogen-bond donors (Lipinski definition) is 1. The molecular formula is C18H32OSi. The SMILES string of the molecule is C[Si](C)(C)CCCCCCCc1ccc(CCO)cc1. The second-order valence-electron chi connectivity index (χ2n) is 7.12. The van der Waals surface area contributed by atoms with Crippen molar-refractivity contribution in [1.29, 1.82) is 0 Å². The highest BCUT2D eigenvalue weighted by molar-refractivity contribution is 6.76. The van der Waals surface area contributed by atoms with Crippen LogP contribution in [0.2, 0.25) is 25.7 Å². The Hall–Kier alpha value is -0.603. The van der Waals surface area contributed by atoms with Crippen LogP contribution in [0.25, 0.3) is 0 Å². The molecule has 1 nitrogen and oxygen atoms in total. The summed E-state index contributed by atoms with van der Waals surface area (Å²) in [6, 6.07) is 10.2. The molecule has 1 rings (SSSR count). The van der Waals surface area contributed by atoms with Gasteiger partial charge in [-0.3, -0.25) is 0 Å². The fourth-order valence-corrected chi connectivity index (χ4v) is 3.83. The molecule has 0 aliphatic carbocycles. The van der Waals surface area contributed by atoms with Crippen molar-refractivity contribution >= 4 is 8.07 Å². The minimum Gasteiger partial charge on any atom is -0.396 e. The first-order valence-electron chi connectivity index (χ1n) is 8.20. The van der Waals surface area contributed by atoms with E-state index in [4.69, 9.17) is 5.11 Å². The van der Waals surface area contributed by atoms with Crippen LogP contribution in [0.15, 0.2) is 24.3 Å². The molecule has 0 unspecified atom stereocenters. The van der Waals surface area contributed by atoms with Crippen LogP contribution in [0.3, 0.4) is 0 Å². The summed E-state index contributed by atoms with van der Waals surface area (Å²) in [7, 11) is -0.808. The average Bonchev–Trinajstić information content (AvgIpc) is 2.38. The van der Waals surface area contributed by atoms with E-state index in [9.17, 15) is 0 Å². The van der Waals surface area contributed by atoms with Crippen molar-refractivity contribution in [2.45, 2.75) is 70.6 Å². The van der Waals surface area contributed by atoms with Crippen molar-refractivity contribution in [1.82, 2.24) is 0 Å². The Kier molecular flexibility index (Phi) is 8.16. The second kappa shape index (κ2) is 9.35. The number of hydrogen-bond acceptors (Lipinski definition) is 1. The van der Waals surface area contributed by atoms with E-state index in [0.29, 0.717) is 0 Å². The summed E-state index contributed by atoms with van der Waals surface area (Å²) in [4.78, 5) is 0. The Labute approximate surface area is 126 Å². The lowest BCUT2D eigenvalue weighted by Gasteiger charge is -2.14. The van der Waals surface area contributed by atoms with E-state index in [0.717, 1.165) is 6.42 Å². The standard InChI is InChI=1S/C18H32OSi/c1-20(2,3)16-8-6-4-5-7-9-17-10-12-18(13-11-17)14-15-19/h10-13,19H,4-9,14-16H2,1-3H3. The number of aliphatic hydroxyl groups excluding tert-OH is 1. The van der Waals surface area contributed by atoms with Crippen LogP contribution in [-0.2, 0) is 12.8 Å². The molecule has 0 heterocycles. The van der Waals surface area contributed by atoms with Gasteiger partial charge in [-0.25, -0.2) is 0 Å². The normalized spacial score (nSPS) is 11.8. The molecule has 1 N–H and O–H groups in total. The van der Waals surface area contributed by atoms with Gasteiger partial charge in [-0.15, -0.1) is 0 Å². The maximum atomic E-state index is 8.89. The van der Waals surface area contributed by atoms with Crippen LogP contribution < -0.4 is 0 Å². The Morgan fingerprint density at radius 3 is 1.80 bits per heavy atom. The van der Waals surface area contributed by atoms with Crippen LogP contribution in [0, 0.1) is 0 Å². The van der Waals surface area contributed by atoms with E-state index >= 15 is 0 Å². The van der Waals surface area contributed by atoms with Crippen molar-refractivity contribution in [3.8, 4) is 0 Å². The predicted octanol–water partition coefficient (Wildman–Crippen LogP) is 5.05. The first-order valence-corrected chi connectivity index (χ1v) is 11.9. The summed E-state index contributed by atoms with van der Waals surface area (Å²) >= 11 is 0. The highest BCUT2D eigenvalue weighted by Gasteiger charge is 2.11. The molecule has 0 spiro atoms. The lowest BCUT2D eigenvalue weighted by atomic mass is 10.0. The molecule has 0 saturated heterocycles. The molecule has 0 aliphatic heterocycles. The number of aliphatic hydroxyl groups is 1. The van der Waals surface area contributed by atoms with Gasteiger partial charge in [0.1, 0.15) is 0 Å². The van der Waals surface area contributed by atoms with E-state index in [1.54, 1.807) is 0 Å². The lowest BCUT2D eigenvalue weighted by molar-refractivity contribution is 0.299. The summed E-state index contributed by atoms with van der Waals surface area (Å²) < 4.78 is 0. The first-order chi connectivity index (χ1) is 9.51. The minimum absolute atomic E-state index is 0.247. The smallest absolute Gasteiger partial charge is 0.0471 e. The molecule has 0 aliphatic rings. The van der Waals surface area contributed by atoms with E-state index in [1.165, 1.54) is 55.7 Å². The van der Waals surface area contributed by atoms with Crippen LogP contribution in [0.4, 0.5) is 0 Å². The third-order valence-corrected chi connectivity index (χ3v) is 5.67. The Morgan fingerprint density at radius 2 is 1.25 bits per heavy atom. The zero-order chi connectivity index (χ0) is 14.8. The van der Waals surface area contributed by atoms with E-state index in [1.807, 2.05) is 0 Å². The Bertz CT molecular complexity index is 351. The third-order valence-electron chi connectivity index (χ3n) is 3.82. The van der Waals surface area contributed by atoms with Crippen molar-refractivity contribution in [3.63, 3.8) is 0 Å². The molecule has 0 atom stereocenters. The van der Waals surface area contributed by atoms with Gasteiger partial charge in [-0.1, -0.05) is 75.6 Å². The number of rotatable bonds is 10. The fourth-order valence-electron chi connectivity index (χ4n) is 2.52. The Morgan fingerprint density at radius 1 is 0.750 bits per heavy atom. The number of unbranched alkanes of at least 4 members (excludes halogenated alkanes) is 4. The highest BCUT2D eigenvalue weighted by Crippen LogP contribution is 2.16. The van der Waals surface area contributed by atoms with Crippen LogP contribution in [0.5, 0.6) is 0 Å². The van der Waals surface area contributed by atoms with Gasteiger partial charge in [-0.05, 0) is 30.4 Å². The Balaban J connectivity index is 2.06. The van der Waals surface area contributed by atoms with Gasteiger partial charge >= 0.3 is 0 Å². The molecular weight excluding hydrogens is 260 g/mol. The van der Waals surface area contributed by atoms with Crippen molar-refractivity contribution < 1.29 is 5.11 Å². The van der Waals surface area contributed by atoms with Crippen LogP contribution in [0.1, 0.15) is 43.2 Å². The van der Waals surface area contributed by atoms with Gasteiger partial charge in [-0.2, -0.15) is 0 Å². The lowest BCUT2D eigenvalue weighted by Crippen LogP contribution is -2.18. The van der Waals surface area contributed by atoms with E-state index < -0.39 is 8.07 Å². The first kappa shape index (κ1) is 17.4. The summed E-state index contributed by atoms with van der Waals surface area (Å²) in [5.74, 6) is 0. The van der Waals surface area contributed by atoms with Gasteiger partial charge in [0.05, 0.1) is 0 Å². The second-order valence-corrected chi connectivity index (χ2v) is 12.7. The molecule has 0 aromatic heterocycles. The highest BCUT2D eigenvalue weighted by atomic mass is 28.3. The predicted molar refractivity (Wildman–Crippen MR) is 92.2 cm³/mol. The van der Waals surface area contributed by atoms with Crippen molar-refractivity contribution in [2.75, 3.05) is 6.61 Å². The van der Waals surface area contributed by atoms with Crippen molar-refractivity contribution in [3.05, 3.63) is 35.4 Å². The summed E-state index contributed by atoms with van der Waals surface area (Å²) in [6.45, 7) is 7.64. The molecule has 0 fully saturated rings. The summed E-state index contributed by atoms with van der Waals surface area (Å²) in [5, 5.41) is 8.89. The third kappa shape index (κ3) is 8.54. The van der Waals surface area contributed by atoms with Crippen LogP contribution >= 0.6 is 0 Å². The zero-order valence-electron chi connectivity index (χ0n) is 13.6. The van der Waals surface area contributed by atoms with E-state index in [2.05, 4.69) is 43.9 Å². The monoisotopic (exact) mass is 292 g/mol. The van der Waals surface area contributed by atoms with Gasteiger partial charge in [0.2, 0.25) is 0 Å².